The minimum Gasteiger partial charge on any atom is -0.431 e. The number of carbonyl (C=O) groups is 1. The molecule has 0 aromatic rings. The second kappa shape index (κ2) is 7.61. The van der Waals surface area contributed by atoms with Crippen LogP contribution in [0.1, 0.15) is 120 Å². The number of esters is 1. The van der Waals surface area contributed by atoms with Crippen LogP contribution in [0.2, 0.25) is 0 Å². The summed E-state index contributed by atoms with van der Waals surface area (Å²) in [5.41, 5.74) is 1.67. The molecule has 5 aliphatic rings. The number of carbonyl (C=O) groups excluding carboxylic acids is 1. The van der Waals surface area contributed by atoms with E-state index in [0.29, 0.717) is 27.6 Å². The predicted octanol–water partition coefficient (Wildman–Crippen LogP) is 8.80. The minimum absolute atomic E-state index is 0.0723. The Bertz CT molecular complexity index is 883. The minimum atomic E-state index is -0.168. The first-order valence-corrected chi connectivity index (χ1v) is 14.6. The van der Waals surface area contributed by atoms with Crippen molar-refractivity contribution in [2.75, 3.05) is 0 Å². The van der Waals surface area contributed by atoms with Gasteiger partial charge in [-0.2, -0.15) is 0 Å². The van der Waals surface area contributed by atoms with Crippen LogP contribution in [0.3, 0.4) is 0 Å². The van der Waals surface area contributed by atoms with Crippen molar-refractivity contribution < 1.29 is 9.53 Å². The summed E-state index contributed by atoms with van der Waals surface area (Å²) in [7, 11) is 0. The van der Waals surface area contributed by atoms with Crippen LogP contribution in [0, 0.1) is 62.6 Å². The third kappa shape index (κ3) is 3.08. The van der Waals surface area contributed by atoms with Crippen LogP contribution in [0.15, 0.2) is 11.8 Å². The van der Waals surface area contributed by atoms with Gasteiger partial charge in [-0.25, -0.2) is 0 Å². The maximum absolute atomic E-state index is 11.8. The van der Waals surface area contributed by atoms with E-state index in [2.05, 4.69) is 61.5 Å². The molecule has 4 fully saturated rings. The molecule has 0 bridgehead atoms. The molecule has 0 N–H and O–H groups in total. The second-order valence-corrected chi connectivity index (χ2v) is 15.4. The van der Waals surface area contributed by atoms with Crippen LogP contribution < -0.4 is 0 Å². The molecule has 2 nitrogen and oxygen atoms in total. The molecule has 0 unspecified atom stereocenters. The van der Waals surface area contributed by atoms with Crippen molar-refractivity contribution in [1.29, 1.82) is 0 Å². The van der Waals surface area contributed by atoms with E-state index in [-0.39, 0.29) is 11.4 Å². The molecule has 0 spiro atoms. The summed E-state index contributed by atoms with van der Waals surface area (Å²) in [5.74, 6) is 5.67. The molecule has 5 aliphatic carbocycles. The topological polar surface area (TPSA) is 26.3 Å². The molecule has 0 amide bonds. The molecule has 4 saturated carbocycles. The normalized spacial score (nSPS) is 51.6. The number of rotatable bonds is 2. The highest BCUT2D eigenvalue weighted by molar-refractivity contribution is 5.67. The lowest BCUT2D eigenvalue weighted by Gasteiger charge is -2.72. The monoisotopic (exact) mass is 468 g/mol. The molecule has 0 aliphatic heterocycles. The zero-order valence-corrected chi connectivity index (χ0v) is 23.7. The van der Waals surface area contributed by atoms with Gasteiger partial charge >= 0.3 is 5.97 Å². The van der Waals surface area contributed by atoms with Gasteiger partial charge in [0.1, 0.15) is 5.76 Å². The largest absolute Gasteiger partial charge is 0.431 e. The Balaban J connectivity index is 1.52. The second-order valence-electron chi connectivity index (χ2n) is 15.4. The van der Waals surface area contributed by atoms with E-state index in [4.69, 9.17) is 4.74 Å². The number of hydrogen-bond donors (Lipinski definition) is 0. The Morgan fingerprint density at radius 3 is 2.24 bits per heavy atom. The Morgan fingerprint density at radius 1 is 0.882 bits per heavy atom. The van der Waals surface area contributed by atoms with Gasteiger partial charge in [-0.1, -0.05) is 55.4 Å². The van der Waals surface area contributed by atoms with Crippen molar-refractivity contribution in [3.8, 4) is 0 Å². The van der Waals surface area contributed by atoms with Gasteiger partial charge in [0, 0.05) is 12.3 Å². The first kappa shape index (κ1) is 24.9. The van der Waals surface area contributed by atoms with Crippen LogP contribution in [0.4, 0.5) is 0 Å². The zero-order valence-electron chi connectivity index (χ0n) is 23.7. The molecule has 0 aromatic heterocycles. The van der Waals surface area contributed by atoms with E-state index >= 15 is 0 Å². The van der Waals surface area contributed by atoms with Gasteiger partial charge in [0.15, 0.2) is 0 Å². The quantitative estimate of drug-likeness (QED) is 0.378. The highest BCUT2D eigenvalue weighted by Crippen LogP contribution is 2.77. The average molecular weight is 469 g/mol. The number of allylic oxidation sites excluding steroid dienone is 2. The lowest BCUT2D eigenvalue weighted by Crippen LogP contribution is -2.65. The molecule has 5 rings (SSSR count). The smallest absolute Gasteiger partial charge is 0.307 e. The maximum Gasteiger partial charge on any atom is 0.307 e. The molecule has 0 saturated heterocycles. The summed E-state index contributed by atoms with van der Waals surface area (Å²) in [4.78, 5) is 11.8. The fourth-order valence-electron chi connectivity index (χ4n) is 11.7. The van der Waals surface area contributed by atoms with Crippen LogP contribution in [-0.4, -0.2) is 5.97 Å². The van der Waals surface area contributed by atoms with Gasteiger partial charge in [-0.3, -0.25) is 4.79 Å². The first-order chi connectivity index (χ1) is 15.7. The van der Waals surface area contributed by atoms with Gasteiger partial charge in [0.05, 0.1) is 0 Å². The average Bonchev–Trinajstić information content (AvgIpc) is 3.08. The number of ether oxygens (including phenoxy) is 1. The third-order valence-corrected chi connectivity index (χ3v) is 13.5. The Morgan fingerprint density at radius 2 is 1.59 bits per heavy atom. The summed E-state index contributed by atoms with van der Waals surface area (Å²) in [5, 5.41) is 0. The molecule has 34 heavy (non-hydrogen) atoms. The van der Waals surface area contributed by atoms with Gasteiger partial charge < -0.3 is 4.74 Å². The van der Waals surface area contributed by atoms with E-state index in [1.54, 1.807) is 6.92 Å². The van der Waals surface area contributed by atoms with Crippen molar-refractivity contribution in [3.05, 3.63) is 11.8 Å². The fourth-order valence-corrected chi connectivity index (χ4v) is 11.7. The maximum atomic E-state index is 11.8. The predicted molar refractivity (Wildman–Crippen MR) is 140 cm³/mol. The molecular weight excluding hydrogens is 416 g/mol. The van der Waals surface area contributed by atoms with E-state index in [1.807, 2.05) is 0 Å². The molecule has 192 valence electrons. The van der Waals surface area contributed by atoms with Crippen LogP contribution >= 0.6 is 0 Å². The fraction of sp³-hybridized carbons (Fsp3) is 0.906. The highest BCUT2D eigenvalue weighted by Gasteiger charge is 2.70. The van der Waals surface area contributed by atoms with Gasteiger partial charge in [-0.15, -0.1) is 0 Å². The Kier molecular flexibility index (Phi) is 5.57. The first-order valence-electron chi connectivity index (χ1n) is 14.6. The van der Waals surface area contributed by atoms with Crippen LogP contribution in [-0.2, 0) is 9.53 Å². The van der Waals surface area contributed by atoms with E-state index in [9.17, 15) is 4.79 Å². The van der Waals surface area contributed by atoms with E-state index in [1.165, 1.54) is 51.4 Å². The molecule has 0 heterocycles. The molecule has 9 atom stereocenters. The van der Waals surface area contributed by atoms with Crippen molar-refractivity contribution in [2.45, 2.75) is 120 Å². The SMILES string of the molecule is CC(=O)OC1=CC[C@]2(C)[C@H]3CC[C@H]4[C@@H]5[C@H](C(C)C)CC[C@]5(C)CC[C@@]4(C)[C@]3(C)CC[C@H]2C1(C)C. The summed E-state index contributed by atoms with van der Waals surface area (Å²) in [6, 6.07) is 0. The standard InChI is InChI=1S/C32H52O2/c1-20(2)22-12-15-29(6)18-19-31(8)23(27(22)29)10-11-25-30(7)16-14-26(34-21(3)33)28(4,5)24(30)13-17-32(25,31)9/h14,20,22-25,27H,10-13,15-19H2,1-9H3/t22-,23-,24-,25+,27-,29+,30-,31+,32+/m0/s1. The van der Waals surface area contributed by atoms with Crippen LogP contribution in [0.5, 0.6) is 0 Å². The van der Waals surface area contributed by atoms with E-state index < -0.39 is 0 Å². The van der Waals surface area contributed by atoms with Crippen molar-refractivity contribution in [2.24, 2.45) is 62.6 Å². The molecule has 0 radical (unpaired) electrons. The van der Waals surface area contributed by atoms with Crippen molar-refractivity contribution in [3.63, 3.8) is 0 Å². The Hall–Kier alpha value is -0.790. The van der Waals surface area contributed by atoms with Crippen molar-refractivity contribution in [1.82, 2.24) is 0 Å². The highest BCUT2D eigenvalue weighted by atomic mass is 16.5. The summed E-state index contributed by atoms with van der Waals surface area (Å²) >= 11 is 0. The van der Waals surface area contributed by atoms with Gasteiger partial charge in [-0.05, 0) is 121 Å². The van der Waals surface area contributed by atoms with Gasteiger partial charge in [0.2, 0.25) is 0 Å². The third-order valence-electron chi connectivity index (χ3n) is 13.5. The number of fused-ring (bicyclic) bond motifs is 7. The summed E-state index contributed by atoms with van der Waals surface area (Å²) < 4.78 is 5.78. The molecule has 2 heteroatoms. The zero-order chi connectivity index (χ0) is 24.9. The summed E-state index contributed by atoms with van der Waals surface area (Å²) in [6.45, 7) is 22.0. The Labute approximate surface area is 210 Å². The van der Waals surface area contributed by atoms with Crippen LogP contribution in [0.25, 0.3) is 0 Å². The lowest BCUT2D eigenvalue weighted by atomic mass is 9.32. The van der Waals surface area contributed by atoms with Crippen molar-refractivity contribution >= 4 is 5.97 Å². The number of hydrogen-bond acceptors (Lipinski definition) is 2. The summed E-state index contributed by atoms with van der Waals surface area (Å²) in [6.07, 6.45) is 14.6. The molecule has 0 aromatic carbocycles. The lowest BCUT2D eigenvalue weighted by molar-refractivity contribution is -0.230. The molecular formula is C32H52O2. The van der Waals surface area contributed by atoms with Gasteiger partial charge in [0.25, 0.3) is 0 Å². The van der Waals surface area contributed by atoms with E-state index in [0.717, 1.165) is 41.8 Å².